The average molecular weight is 536 g/mol. The molecule has 2 heterocycles. The van der Waals surface area contributed by atoms with E-state index in [0.29, 0.717) is 41.3 Å². The highest BCUT2D eigenvalue weighted by atomic mass is 16.3. The van der Waals surface area contributed by atoms with Crippen LogP contribution in [0, 0.1) is 0 Å². The number of aliphatic hydroxyl groups excluding tert-OH is 1. The third-order valence-electron chi connectivity index (χ3n) is 6.94. The third kappa shape index (κ3) is 5.59. The van der Waals surface area contributed by atoms with Gasteiger partial charge in [-0.05, 0) is 38.2 Å². The summed E-state index contributed by atoms with van der Waals surface area (Å²) < 4.78 is 6.37. The molecule has 0 saturated carbocycles. The fourth-order valence-corrected chi connectivity index (χ4v) is 4.82. The molecule has 0 saturated heterocycles. The number of benzene rings is 2. The number of nitrogens with zero attached hydrogens (tertiary/aromatic N) is 3. The predicted octanol–water partition coefficient (Wildman–Crippen LogP) is 5.66. The van der Waals surface area contributed by atoms with Crippen molar-refractivity contribution < 1.29 is 14.3 Å². The fourth-order valence-electron chi connectivity index (χ4n) is 4.82. The first-order chi connectivity index (χ1) is 19.4. The number of hydrogen-bond donors (Lipinski definition) is 3. The lowest BCUT2D eigenvalue weighted by Gasteiger charge is -2.36. The van der Waals surface area contributed by atoms with Crippen LogP contribution in [0.1, 0.15) is 13.3 Å². The maximum atomic E-state index is 12.6. The highest BCUT2D eigenvalue weighted by molar-refractivity contribution is 6.07. The predicted molar refractivity (Wildman–Crippen MR) is 160 cm³/mol. The Morgan fingerprint density at radius 1 is 1.10 bits per heavy atom. The van der Waals surface area contributed by atoms with E-state index in [1.165, 1.54) is 12.4 Å². The van der Waals surface area contributed by atoms with Crippen LogP contribution in [0.25, 0.3) is 33.6 Å². The van der Waals surface area contributed by atoms with Crippen molar-refractivity contribution in [1.29, 1.82) is 0 Å². The summed E-state index contributed by atoms with van der Waals surface area (Å²) in [6.07, 6.45) is 12.2. The molecular weight excluding hydrogens is 502 g/mol. The summed E-state index contributed by atoms with van der Waals surface area (Å²) in [6, 6.07) is 17.5. The van der Waals surface area contributed by atoms with Gasteiger partial charge >= 0.3 is 0 Å². The molecule has 0 fully saturated rings. The first-order valence-corrected chi connectivity index (χ1v) is 13.3. The molecule has 8 heteroatoms. The topological polar surface area (TPSA) is 104 Å². The summed E-state index contributed by atoms with van der Waals surface area (Å²) in [4.78, 5) is 23.6. The molecular formula is C32H33N5O3. The molecule has 1 aliphatic carbocycles. The highest BCUT2D eigenvalue weighted by Crippen LogP contribution is 2.44. The maximum absolute atomic E-state index is 12.6. The van der Waals surface area contributed by atoms with Crippen LogP contribution < -0.4 is 10.6 Å². The Hall–Kier alpha value is -4.53. The van der Waals surface area contributed by atoms with Crippen LogP contribution in [0.4, 0.5) is 11.5 Å². The number of likely N-dealkylation sites (N-methyl/N-ethyl adjacent to an activating group) is 1. The standard InChI is InChI=1S/C32H33N5O3/c1-4-32(18-9-8-16-25(32)38)36-30-28-27(29(22-12-6-5-7-13-22)40-31(28)34-21-33-30)23-14-10-15-24(20-23)35-26(39)17-11-19-37(2)3/h5-18,20-21,25,38H,4,19H2,1-3H3,(H,35,39)(H,33,34,36)/b17-11+. The van der Waals surface area contributed by atoms with Crippen molar-refractivity contribution in [3.05, 3.63) is 97.4 Å². The van der Waals surface area contributed by atoms with Crippen LogP contribution in [0.2, 0.25) is 0 Å². The minimum atomic E-state index is -0.744. The number of rotatable bonds is 9. The minimum Gasteiger partial charge on any atom is -0.437 e. The summed E-state index contributed by atoms with van der Waals surface area (Å²) in [5.41, 5.74) is 2.83. The summed E-state index contributed by atoms with van der Waals surface area (Å²) in [6.45, 7) is 2.69. The molecule has 0 radical (unpaired) electrons. The second kappa shape index (κ2) is 11.7. The van der Waals surface area contributed by atoms with Crippen LogP contribution in [0.5, 0.6) is 0 Å². The molecule has 8 nitrogen and oxygen atoms in total. The van der Waals surface area contributed by atoms with Gasteiger partial charge in [0.05, 0.1) is 17.0 Å². The summed E-state index contributed by atoms with van der Waals surface area (Å²) in [5, 5.41) is 18.1. The van der Waals surface area contributed by atoms with Gasteiger partial charge in [-0.25, -0.2) is 9.97 Å². The van der Waals surface area contributed by atoms with E-state index >= 15 is 0 Å². The summed E-state index contributed by atoms with van der Waals surface area (Å²) in [5.74, 6) is 0.979. The van der Waals surface area contributed by atoms with Gasteiger partial charge < -0.3 is 25.1 Å². The van der Waals surface area contributed by atoms with Crippen molar-refractivity contribution in [2.24, 2.45) is 0 Å². The Bertz CT molecular complexity index is 1590. The van der Waals surface area contributed by atoms with Gasteiger partial charge in [0, 0.05) is 29.4 Å². The van der Waals surface area contributed by atoms with Crippen molar-refractivity contribution in [3.8, 4) is 22.5 Å². The van der Waals surface area contributed by atoms with Gasteiger partial charge in [-0.2, -0.15) is 0 Å². The van der Waals surface area contributed by atoms with Gasteiger partial charge in [0.2, 0.25) is 11.6 Å². The second-order valence-corrected chi connectivity index (χ2v) is 10.0. The van der Waals surface area contributed by atoms with E-state index in [1.807, 2.05) is 105 Å². The molecule has 0 bridgehead atoms. The molecule has 2 aromatic carbocycles. The highest BCUT2D eigenvalue weighted by Gasteiger charge is 2.35. The zero-order valence-electron chi connectivity index (χ0n) is 22.8. The van der Waals surface area contributed by atoms with Gasteiger partial charge in [-0.1, -0.05) is 79.8 Å². The molecule has 3 N–H and O–H groups in total. The van der Waals surface area contributed by atoms with Gasteiger partial charge in [0.15, 0.2) is 0 Å². The number of carbonyl (C=O) groups excluding carboxylic acids is 1. The number of aliphatic hydroxyl groups is 1. The molecule has 4 aromatic rings. The van der Waals surface area contributed by atoms with E-state index in [1.54, 1.807) is 6.08 Å². The number of nitrogens with one attached hydrogen (secondary N) is 2. The Balaban J connectivity index is 1.63. The smallest absolute Gasteiger partial charge is 0.248 e. The molecule has 5 rings (SSSR count). The number of hydrogen-bond acceptors (Lipinski definition) is 7. The zero-order chi connectivity index (χ0) is 28.1. The van der Waals surface area contributed by atoms with Crippen molar-refractivity contribution >= 4 is 28.5 Å². The van der Waals surface area contributed by atoms with Gasteiger partial charge in [0.25, 0.3) is 0 Å². The summed E-state index contributed by atoms with van der Waals surface area (Å²) >= 11 is 0. The molecule has 204 valence electrons. The fraction of sp³-hybridized carbons (Fsp3) is 0.219. The first-order valence-electron chi connectivity index (χ1n) is 13.3. The lowest BCUT2D eigenvalue weighted by atomic mass is 9.85. The number of amides is 1. The number of furan rings is 1. The molecule has 1 aliphatic rings. The van der Waals surface area contributed by atoms with E-state index in [2.05, 4.69) is 20.6 Å². The van der Waals surface area contributed by atoms with E-state index in [9.17, 15) is 9.90 Å². The number of aromatic nitrogens is 2. The Morgan fingerprint density at radius 3 is 2.65 bits per heavy atom. The Labute approximate surface area is 233 Å². The quantitative estimate of drug-likeness (QED) is 0.238. The molecule has 0 spiro atoms. The minimum absolute atomic E-state index is 0.207. The molecule has 0 aliphatic heterocycles. The first kappa shape index (κ1) is 27.1. The van der Waals surface area contributed by atoms with Crippen LogP contribution >= 0.6 is 0 Å². The van der Waals surface area contributed by atoms with Gasteiger partial charge in [-0.15, -0.1) is 0 Å². The number of allylic oxidation sites excluding steroid dienone is 2. The SMILES string of the molecule is CCC1(Nc2ncnc3oc(-c4ccccc4)c(-c4cccc(NC(=O)/C=C/CN(C)C)c4)c23)C=CC=CC1O. The van der Waals surface area contributed by atoms with E-state index in [0.717, 1.165) is 16.7 Å². The Kier molecular flexibility index (Phi) is 7.91. The lowest BCUT2D eigenvalue weighted by Crippen LogP contribution is -2.47. The Morgan fingerprint density at radius 2 is 1.90 bits per heavy atom. The van der Waals surface area contributed by atoms with Crippen LogP contribution in [-0.4, -0.2) is 58.2 Å². The van der Waals surface area contributed by atoms with Crippen molar-refractivity contribution in [2.45, 2.75) is 25.0 Å². The number of anilines is 2. The zero-order valence-corrected chi connectivity index (χ0v) is 22.8. The second-order valence-electron chi connectivity index (χ2n) is 10.0. The number of fused-ring (bicyclic) bond motifs is 1. The molecule has 2 unspecified atom stereocenters. The maximum Gasteiger partial charge on any atom is 0.248 e. The molecule has 1 amide bonds. The van der Waals surface area contributed by atoms with Crippen LogP contribution in [0.15, 0.2) is 102 Å². The normalized spacial score (nSPS) is 18.6. The van der Waals surface area contributed by atoms with Crippen molar-refractivity contribution in [3.63, 3.8) is 0 Å². The monoisotopic (exact) mass is 535 g/mol. The third-order valence-corrected chi connectivity index (χ3v) is 6.94. The van der Waals surface area contributed by atoms with E-state index in [-0.39, 0.29) is 5.91 Å². The van der Waals surface area contributed by atoms with Gasteiger partial charge in [0.1, 0.15) is 17.9 Å². The molecule has 2 atom stereocenters. The summed E-state index contributed by atoms with van der Waals surface area (Å²) in [7, 11) is 3.89. The van der Waals surface area contributed by atoms with E-state index < -0.39 is 11.6 Å². The molecule has 40 heavy (non-hydrogen) atoms. The van der Waals surface area contributed by atoms with E-state index in [4.69, 9.17) is 4.42 Å². The number of carbonyl (C=O) groups is 1. The van der Waals surface area contributed by atoms with Crippen molar-refractivity contribution in [2.75, 3.05) is 31.3 Å². The average Bonchev–Trinajstić information content (AvgIpc) is 3.35. The molecule has 2 aromatic heterocycles. The van der Waals surface area contributed by atoms with Crippen LogP contribution in [-0.2, 0) is 4.79 Å². The van der Waals surface area contributed by atoms with Gasteiger partial charge in [-0.3, -0.25) is 4.79 Å². The van der Waals surface area contributed by atoms with Crippen molar-refractivity contribution in [1.82, 2.24) is 14.9 Å². The largest absolute Gasteiger partial charge is 0.437 e. The van der Waals surface area contributed by atoms with Crippen LogP contribution in [0.3, 0.4) is 0 Å². The lowest BCUT2D eigenvalue weighted by molar-refractivity contribution is -0.111.